The molecule has 15 nitrogen and oxygen atoms in total. The number of amides is 3. The summed E-state index contributed by atoms with van der Waals surface area (Å²) in [6.07, 6.45) is 7.66. The highest BCUT2D eigenvalue weighted by atomic mass is 16.5. The first-order valence-electron chi connectivity index (χ1n) is 23.2. The van der Waals surface area contributed by atoms with Crippen molar-refractivity contribution in [3.05, 3.63) is 42.5 Å². The maximum absolute atomic E-state index is 12.5. The Morgan fingerprint density at radius 1 is 0.460 bits per heavy atom. The van der Waals surface area contributed by atoms with Crippen molar-refractivity contribution in [2.75, 3.05) is 137 Å². The number of aromatic nitrogens is 1. The molecule has 0 unspecified atom stereocenters. The van der Waals surface area contributed by atoms with Gasteiger partial charge in [0.1, 0.15) is 6.54 Å². The zero-order valence-electron chi connectivity index (χ0n) is 39.1. The molecule has 354 valence electrons. The Hall–Kier alpha value is -4.12. The van der Waals surface area contributed by atoms with E-state index in [1.165, 1.54) is 33.2 Å². The Kier molecular flexibility index (Phi) is 28.2. The highest BCUT2D eigenvalue weighted by molar-refractivity contribution is 5.91. The fraction of sp³-hybridized carbons (Fsp3) is 0.667. The fourth-order valence-corrected chi connectivity index (χ4v) is 6.71. The van der Waals surface area contributed by atoms with Crippen molar-refractivity contribution < 1.29 is 47.4 Å². The van der Waals surface area contributed by atoms with E-state index >= 15 is 0 Å². The molecule has 0 atom stereocenters. The highest BCUT2D eigenvalue weighted by Gasteiger charge is 2.18. The summed E-state index contributed by atoms with van der Waals surface area (Å²) < 4.78 is 35.5. The second-order valence-electron chi connectivity index (χ2n) is 16.0. The molecule has 15 heteroatoms. The van der Waals surface area contributed by atoms with E-state index in [2.05, 4.69) is 108 Å². The summed E-state index contributed by atoms with van der Waals surface area (Å²) >= 11 is 0. The molecule has 0 radical (unpaired) electrons. The van der Waals surface area contributed by atoms with E-state index in [9.17, 15) is 14.4 Å². The van der Waals surface area contributed by atoms with Gasteiger partial charge in [0, 0.05) is 134 Å². The molecule has 3 N–H and O–H groups in total. The topological polar surface area (TPSA) is 153 Å². The number of fused-ring (bicyclic) bond motifs is 2. The molecule has 1 aromatic heterocycles. The Bertz CT molecular complexity index is 1660. The van der Waals surface area contributed by atoms with Crippen LogP contribution in [0.4, 0.5) is 11.4 Å². The largest absolute Gasteiger partial charge is 0.379 e. The number of hydrogen-bond donors (Lipinski definition) is 3. The molecule has 0 spiro atoms. The molecule has 0 saturated heterocycles. The highest BCUT2D eigenvalue weighted by Crippen LogP contribution is 2.25. The van der Waals surface area contributed by atoms with Gasteiger partial charge in [0.25, 0.3) is 0 Å². The summed E-state index contributed by atoms with van der Waals surface area (Å²) in [5.41, 5.74) is 4.80. The summed E-state index contributed by atoms with van der Waals surface area (Å²) in [6, 6.07) is 15.6. The molecule has 0 aliphatic carbocycles. The lowest BCUT2D eigenvalue weighted by Gasteiger charge is -2.15. The van der Waals surface area contributed by atoms with Crippen LogP contribution in [0, 0.1) is 0 Å². The van der Waals surface area contributed by atoms with Crippen LogP contribution in [-0.2, 0) is 49.3 Å². The molecule has 0 bridgehead atoms. The number of aryl methyl sites for hydroxylation is 1. The quantitative estimate of drug-likeness (QED) is 0.0397. The molecule has 3 aromatic rings. The second-order valence-corrected chi connectivity index (χ2v) is 16.0. The third kappa shape index (κ3) is 23.4. The van der Waals surface area contributed by atoms with Gasteiger partial charge in [0.15, 0.2) is 0 Å². The summed E-state index contributed by atoms with van der Waals surface area (Å²) in [5, 5.41) is 11.2. The SMILES string of the molecule is CCCOCCOCCOCCCNC(=O)CCCC(=O)NCCCOCCOCCOCCCNC(=O)CCCCC[n+]1c2cc(N(C)C)ccc2cc2ccc(N(C)C)cc21. The lowest BCUT2D eigenvalue weighted by atomic mass is 10.1. The molecule has 1 heterocycles. The van der Waals surface area contributed by atoms with E-state index in [1.807, 2.05) is 0 Å². The Balaban J connectivity index is 1.08. The van der Waals surface area contributed by atoms with E-state index in [0.717, 1.165) is 51.7 Å². The molecule has 0 saturated carbocycles. The van der Waals surface area contributed by atoms with Crippen LogP contribution in [0.15, 0.2) is 42.5 Å². The van der Waals surface area contributed by atoms with Crippen molar-refractivity contribution in [1.82, 2.24) is 16.0 Å². The Labute approximate surface area is 376 Å². The van der Waals surface area contributed by atoms with Crippen molar-refractivity contribution in [1.29, 1.82) is 0 Å². The lowest BCUT2D eigenvalue weighted by molar-refractivity contribution is -0.645. The van der Waals surface area contributed by atoms with Crippen molar-refractivity contribution >= 4 is 50.9 Å². The van der Waals surface area contributed by atoms with Crippen LogP contribution in [0.1, 0.15) is 77.6 Å². The van der Waals surface area contributed by atoms with Gasteiger partial charge >= 0.3 is 0 Å². The van der Waals surface area contributed by atoms with Gasteiger partial charge in [0.05, 0.1) is 52.9 Å². The number of pyridine rings is 1. The monoisotopic (exact) mass is 884 g/mol. The average Bonchev–Trinajstić information content (AvgIpc) is 3.27. The number of rotatable bonds is 38. The Morgan fingerprint density at radius 2 is 0.841 bits per heavy atom. The minimum atomic E-state index is -0.0630. The predicted octanol–water partition coefficient (Wildman–Crippen LogP) is 5.17. The third-order valence-electron chi connectivity index (χ3n) is 10.2. The number of unbranched alkanes of at least 4 members (excludes halogenated alkanes) is 2. The zero-order chi connectivity index (χ0) is 45.3. The molecule has 0 aliphatic heterocycles. The van der Waals surface area contributed by atoms with Crippen LogP contribution >= 0.6 is 0 Å². The van der Waals surface area contributed by atoms with Gasteiger partial charge in [-0.25, -0.2) is 0 Å². The molecule has 3 amide bonds. The summed E-state index contributed by atoms with van der Waals surface area (Å²) in [4.78, 5) is 40.8. The van der Waals surface area contributed by atoms with E-state index in [4.69, 9.17) is 28.4 Å². The first-order chi connectivity index (χ1) is 30.7. The maximum Gasteiger partial charge on any atom is 0.220 e. The van der Waals surface area contributed by atoms with E-state index in [1.54, 1.807) is 0 Å². The Morgan fingerprint density at radius 3 is 1.24 bits per heavy atom. The van der Waals surface area contributed by atoms with Gasteiger partial charge in [0.2, 0.25) is 28.8 Å². The molecule has 63 heavy (non-hydrogen) atoms. The van der Waals surface area contributed by atoms with E-state index in [0.29, 0.717) is 124 Å². The fourth-order valence-electron chi connectivity index (χ4n) is 6.71. The lowest BCUT2D eigenvalue weighted by Crippen LogP contribution is -2.36. The van der Waals surface area contributed by atoms with E-state index in [-0.39, 0.29) is 17.7 Å². The smallest absolute Gasteiger partial charge is 0.220 e. The molecular formula is C48H79N6O9+. The van der Waals surface area contributed by atoms with Crippen LogP contribution in [0.5, 0.6) is 0 Å². The first-order valence-corrected chi connectivity index (χ1v) is 23.2. The molecular weight excluding hydrogens is 805 g/mol. The molecule has 0 fully saturated rings. The van der Waals surface area contributed by atoms with E-state index < -0.39 is 0 Å². The van der Waals surface area contributed by atoms with Crippen molar-refractivity contribution in [3.8, 4) is 0 Å². The number of carbonyl (C=O) groups excluding carboxylic acids is 3. The van der Waals surface area contributed by atoms with Crippen molar-refractivity contribution in [3.63, 3.8) is 0 Å². The third-order valence-corrected chi connectivity index (χ3v) is 10.2. The number of hydrogen-bond acceptors (Lipinski definition) is 11. The molecule has 0 aliphatic rings. The standard InChI is InChI=1S/C48H78N6O9/c1-6-25-58-29-33-62-34-30-60-27-12-22-50-47(56)15-10-16-48(57)51-23-13-28-61-32-36-63-35-31-59-26-11-21-49-46(55)14-8-7-9-24-54-44-38-42(52(2)3)19-17-40(44)37-41-18-20-43(53(4)5)39-45(41)54/h17-20,37-39H,6-16,21-36H2,1-5H3,(H2-,49,50,51,55,56,57)/p+1. The van der Waals surface area contributed by atoms with Crippen LogP contribution in [0.25, 0.3) is 21.8 Å². The van der Waals surface area contributed by atoms with Crippen LogP contribution in [-0.4, -0.2) is 145 Å². The maximum atomic E-state index is 12.5. The number of anilines is 2. The molecule has 3 rings (SSSR count). The van der Waals surface area contributed by atoms with Crippen LogP contribution in [0.2, 0.25) is 0 Å². The van der Waals surface area contributed by atoms with Gasteiger partial charge in [-0.05, 0) is 75.3 Å². The number of nitrogens with zero attached hydrogens (tertiary/aromatic N) is 3. The normalized spacial score (nSPS) is 11.3. The van der Waals surface area contributed by atoms with Crippen LogP contribution < -0.4 is 30.3 Å². The number of ether oxygens (including phenoxy) is 6. The number of nitrogens with one attached hydrogen (secondary N) is 3. The summed E-state index contributed by atoms with van der Waals surface area (Å²) in [7, 11) is 8.29. The van der Waals surface area contributed by atoms with Gasteiger partial charge in [-0.1, -0.05) is 6.92 Å². The van der Waals surface area contributed by atoms with Gasteiger partial charge < -0.3 is 54.2 Å². The minimum Gasteiger partial charge on any atom is -0.379 e. The summed E-state index contributed by atoms with van der Waals surface area (Å²) in [6.45, 7) is 11.1. The number of carbonyl (C=O) groups is 3. The predicted molar refractivity (Wildman–Crippen MR) is 251 cm³/mol. The van der Waals surface area contributed by atoms with Crippen molar-refractivity contribution in [2.45, 2.75) is 84.1 Å². The van der Waals surface area contributed by atoms with Crippen LogP contribution in [0.3, 0.4) is 0 Å². The van der Waals surface area contributed by atoms with Gasteiger partial charge in [-0.15, -0.1) is 0 Å². The number of benzene rings is 2. The first kappa shape index (κ1) is 53.2. The summed E-state index contributed by atoms with van der Waals surface area (Å²) in [5.74, 6) is -0.0328. The minimum absolute atomic E-state index is 0.0563. The second kappa shape index (κ2) is 33.4. The average molecular weight is 884 g/mol. The van der Waals surface area contributed by atoms with Gasteiger partial charge in [-0.2, -0.15) is 4.57 Å². The zero-order valence-corrected chi connectivity index (χ0v) is 39.1. The van der Waals surface area contributed by atoms with Crippen molar-refractivity contribution in [2.24, 2.45) is 0 Å². The van der Waals surface area contributed by atoms with Gasteiger partial charge in [-0.3, -0.25) is 14.4 Å². The molecule has 2 aromatic carbocycles.